The third kappa shape index (κ3) is 8.25. The van der Waals surface area contributed by atoms with Crippen molar-refractivity contribution in [2.75, 3.05) is 6.54 Å². The molecule has 232 valence electrons. The number of rotatable bonds is 9. The van der Waals surface area contributed by atoms with Crippen molar-refractivity contribution >= 4 is 17.7 Å². The van der Waals surface area contributed by atoms with Crippen molar-refractivity contribution in [3.8, 4) is 0 Å². The van der Waals surface area contributed by atoms with E-state index in [1.165, 1.54) is 5.56 Å². The molecule has 2 atom stereocenters. The summed E-state index contributed by atoms with van der Waals surface area (Å²) in [6.45, 7) is 6.91. The molecule has 3 N–H and O–H groups in total. The van der Waals surface area contributed by atoms with Gasteiger partial charge in [-0.05, 0) is 80.1 Å². The minimum absolute atomic E-state index is 0.120. The number of fused-ring (bicyclic) bond motifs is 1. The Labute approximate surface area is 265 Å². The van der Waals surface area contributed by atoms with Gasteiger partial charge in [0.2, 0.25) is 0 Å². The lowest BCUT2D eigenvalue weighted by Crippen LogP contribution is -2.46. The highest BCUT2D eigenvalue weighted by Crippen LogP contribution is 2.21. The maximum Gasteiger partial charge on any atom is 0.254 e. The van der Waals surface area contributed by atoms with E-state index in [0.717, 1.165) is 17.5 Å². The van der Waals surface area contributed by atoms with Gasteiger partial charge < -0.3 is 20.6 Å². The number of hydrogen-bond donors (Lipinski definition) is 3. The van der Waals surface area contributed by atoms with Crippen LogP contribution in [-0.2, 0) is 25.8 Å². The quantitative estimate of drug-likeness (QED) is 0.240. The number of hydrogen-bond acceptors (Lipinski definition) is 4. The van der Waals surface area contributed by atoms with Crippen LogP contribution in [0.4, 0.5) is 0 Å². The Kier molecular flexibility index (Phi) is 9.79. The normalized spacial score (nSPS) is 14.2. The molecule has 0 saturated heterocycles. The zero-order chi connectivity index (χ0) is 32.0. The highest BCUT2D eigenvalue weighted by atomic mass is 16.3. The standard InChI is InChI=1S/C38H41N3O4/c1-38(2,3)40-36(44)32-19-10-9-15-28(32)24-34(42)33(22-26-12-5-4-6-13-26)39-35(43)29-17-11-18-30(23-29)37(45)41-21-20-27-14-7-8-16-31(27)25-41/h4-19,23,33-34,42H,20-22,24-25H2,1-3H3,(H,39,43)(H,40,44)/t33-,34+/m0/s1. The number of benzene rings is 4. The van der Waals surface area contributed by atoms with Gasteiger partial charge in [-0.15, -0.1) is 0 Å². The van der Waals surface area contributed by atoms with Gasteiger partial charge in [0.1, 0.15) is 0 Å². The first kappa shape index (κ1) is 31.7. The van der Waals surface area contributed by atoms with E-state index >= 15 is 0 Å². The Bertz CT molecular complexity index is 1660. The van der Waals surface area contributed by atoms with E-state index in [-0.39, 0.29) is 24.1 Å². The van der Waals surface area contributed by atoms with Gasteiger partial charge in [0.05, 0.1) is 12.1 Å². The van der Waals surface area contributed by atoms with E-state index in [9.17, 15) is 19.5 Å². The van der Waals surface area contributed by atoms with Crippen molar-refractivity contribution in [2.24, 2.45) is 0 Å². The number of nitrogens with zero attached hydrogens (tertiary/aromatic N) is 1. The fourth-order valence-electron chi connectivity index (χ4n) is 5.74. The number of carbonyl (C=O) groups is 3. The predicted octanol–water partition coefficient (Wildman–Crippen LogP) is 5.36. The summed E-state index contributed by atoms with van der Waals surface area (Å²) in [4.78, 5) is 42.0. The van der Waals surface area contributed by atoms with Crippen LogP contribution in [0.25, 0.3) is 0 Å². The van der Waals surface area contributed by atoms with Gasteiger partial charge in [-0.1, -0.05) is 78.9 Å². The molecule has 5 rings (SSSR count). The summed E-state index contributed by atoms with van der Waals surface area (Å²) in [5, 5.41) is 17.6. The van der Waals surface area contributed by atoms with Crippen molar-refractivity contribution in [1.82, 2.24) is 15.5 Å². The number of carbonyl (C=O) groups excluding carboxylic acids is 3. The highest BCUT2D eigenvalue weighted by molar-refractivity contribution is 6.00. The second-order valence-electron chi connectivity index (χ2n) is 12.7. The number of nitrogens with one attached hydrogen (secondary N) is 2. The van der Waals surface area contributed by atoms with Crippen LogP contribution in [0.2, 0.25) is 0 Å². The molecule has 0 radical (unpaired) electrons. The zero-order valence-electron chi connectivity index (χ0n) is 26.1. The van der Waals surface area contributed by atoms with Crippen LogP contribution < -0.4 is 10.6 Å². The molecule has 7 heteroatoms. The van der Waals surface area contributed by atoms with Gasteiger partial charge in [0.25, 0.3) is 17.7 Å². The number of aliphatic hydroxyl groups is 1. The van der Waals surface area contributed by atoms with Crippen molar-refractivity contribution in [3.63, 3.8) is 0 Å². The summed E-state index contributed by atoms with van der Waals surface area (Å²) < 4.78 is 0. The van der Waals surface area contributed by atoms with Crippen molar-refractivity contribution in [1.29, 1.82) is 0 Å². The molecule has 0 unspecified atom stereocenters. The molecule has 1 aliphatic heterocycles. The summed E-state index contributed by atoms with van der Waals surface area (Å²) in [5.74, 6) is -0.717. The smallest absolute Gasteiger partial charge is 0.254 e. The molecule has 3 amide bonds. The van der Waals surface area contributed by atoms with Crippen molar-refractivity contribution < 1.29 is 19.5 Å². The van der Waals surface area contributed by atoms with E-state index in [2.05, 4.69) is 16.7 Å². The average molecular weight is 604 g/mol. The van der Waals surface area contributed by atoms with Crippen LogP contribution in [0.15, 0.2) is 103 Å². The van der Waals surface area contributed by atoms with E-state index < -0.39 is 17.7 Å². The molecule has 4 aromatic carbocycles. The molecule has 1 aliphatic rings. The van der Waals surface area contributed by atoms with E-state index in [4.69, 9.17) is 0 Å². The largest absolute Gasteiger partial charge is 0.391 e. The maximum atomic E-state index is 13.6. The lowest BCUT2D eigenvalue weighted by Gasteiger charge is -2.29. The van der Waals surface area contributed by atoms with Gasteiger partial charge in [-0.3, -0.25) is 14.4 Å². The summed E-state index contributed by atoms with van der Waals surface area (Å²) >= 11 is 0. The van der Waals surface area contributed by atoms with Crippen molar-refractivity contribution in [2.45, 2.75) is 64.3 Å². The first-order valence-electron chi connectivity index (χ1n) is 15.5. The van der Waals surface area contributed by atoms with Crippen molar-refractivity contribution in [3.05, 3.63) is 142 Å². The summed E-state index contributed by atoms with van der Waals surface area (Å²) in [6.07, 6.45) is 0.356. The third-order valence-electron chi connectivity index (χ3n) is 8.05. The molecule has 0 aromatic heterocycles. The molecule has 7 nitrogen and oxygen atoms in total. The predicted molar refractivity (Wildman–Crippen MR) is 176 cm³/mol. The fraction of sp³-hybridized carbons (Fsp3) is 0.289. The Morgan fingerprint density at radius 1 is 0.778 bits per heavy atom. The molecular weight excluding hydrogens is 562 g/mol. The van der Waals surface area contributed by atoms with Crippen LogP contribution in [0.3, 0.4) is 0 Å². The van der Waals surface area contributed by atoms with Crippen LogP contribution in [0.1, 0.15) is 74.1 Å². The van der Waals surface area contributed by atoms with Gasteiger partial charge in [0, 0.05) is 41.7 Å². The van der Waals surface area contributed by atoms with E-state index in [1.807, 2.05) is 86.3 Å². The molecule has 0 bridgehead atoms. The fourth-order valence-corrected chi connectivity index (χ4v) is 5.74. The second kappa shape index (κ2) is 13.9. The Hall–Kier alpha value is -4.75. The third-order valence-corrected chi connectivity index (χ3v) is 8.05. The van der Waals surface area contributed by atoms with Crippen LogP contribution in [0.5, 0.6) is 0 Å². The Morgan fingerprint density at radius 2 is 1.44 bits per heavy atom. The Morgan fingerprint density at radius 3 is 2.20 bits per heavy atom. The second-order valence-corrected chi connectivity index (χ2v) is 12.7. The average Bonchev–Trinajstić information content (AvgIpc) is 3.03. The Balaban J connectivity index is 1.34. The van der Waals surface area contributed by atoms with Crippen LogP contribution >= 0.6 is 0 Å². The first-order valence-corrected chi connectivity index (χ1v) is 15.5. The monoisotopic (exact) mass is 603 g/mol. The van der Waals surface area contributed by atoms with Gasteiger partial charge in [-0.2, -0.15) is 0 Å². The minimum Gasteiger partial charge on any atom is -0.391 e. The molecule has 45 heavy (non-hydrogen) atoms. The maximum absolute atomic E-state index is 13.6. The molecule has 0 aliphatic carbocycles. The molecule has 0 fully saturated rings. The minimum atomic E-state index is -0.990. The summed E-state index contributed by atoms with van der Waals surface area (Å²) in [7, 11) is 0. The van der Waals surface area contributed by atoms with Gasteiger partial charge in [-0.25, -0.2) is 0 Å². The van der Waals surface area contributed by atoms with Gasteiger partial charge in [0.15, 0.2) is 0 Å². The van der Waals surface area contributed by atoms with E-state index in [0.29, 0.717) is 41.8 Å². The molecule has 4 aromatic rings. The van der Waals surface area contributed by atoms with E-state index in [1.54, 1.807) is 36.4 Å². The lowest BCUT2D eigenvalue weighted by atomic mass is 9.93. The van der Waals surface area contributed by atoms with Crippen LogP contribution in [0, 0.1) is 0 Å². The van der Waals surface area contributed by atoms with Gasteiger partial charge >= 0.3 is 0 Å². The molecule has 0 spiro atoms. The highest BCUT2D eigenvalue weighted by Gasteiger charge is 2.27. The molecule has 0 saturated carbocycles. The number of aliphatic hydroxyl groups excluding tert-OH is 1. The summed E-state index contributed by atoms with van der Waals surface area (Å²) in [6, 6.07) is 31.1. The molecule has 1 heterocycles. The SMILES string of the molecule is CC(C)(C)NC(=O)c1ccccc1C[C@@H](O)[C@H](Cc1ccccc1)NC(=O)c1cccc(C(=O)N2CCc3ccccc3C2)c1. The summed E-state index contributed by atoms with van der Waals surface area (Å²) in [5.41, 5.74) is 4.90. The van der Waals surface area contributed by atoms with Crippen LogP contribution in [-0.4, -0.2) is 52.0 Å². The zero-order valence-corrected chi connectivity index (χ0v) is 26.1. The topological polar surface area (TPSA) is 98.7 Å². The molecular formula is C38H41N3O4. The first-order chi connectivity index (χ1) is 21.6. The number of amides is 3. The lowest BCUT2D eigenvalue weighted by molar-refractivity contribution is 0.0734.